The fourth-order valence-corrected chi connectivity index (χ4v) is 3.42. The van der Waals surface area contributed by atoms with Gasteiger partial charge in [-0.2, -0.15) is 0 Å². The summed E-state index contributed by atoms with van der Waals surface area (Å²) >= 11 is 18.2. The molecule has 3 rings (SSSR count). The monoisotopic (exact) mass is 331 g/mol. The minimum Gasteiger partial charge on any atom is -0.325 e. The lowest BCUT2D eigenvalue weighted by atomic mass is 10.2. The zero-order valence-electron chi connectivity index (χ0n) is 11.2. The van der Waals surface area contributed by atoms with Crippen LogP contribution in [-0.4, -0.2) is 34.1 Å². The van der Waals surface area contributed by atoms with Gasteiger partial charge < -0.3 is 9.47 Å². The van der Waals surface area contributed by atoms with Gasteiger partial charge in [-0.1, -0.05) is 23.2 Å². The number of fused-ring (bicyclic) bond motifs is 1. The van der Waals surface area contributed by atoms with E-state index >= 15 is 0 Å². The fraction of sp³-hybridized carbons (Fsp3) is 0.500. The Morgan fingerprint density at radius 3 is 2.70 bits per heavy atom. The van der Waals surface area contributed by atoms with Crippen LogP contribution >= 0.6 is 34.8 Å². The maximum Gasteiger partial charge on any atom is 0.124 e. The number of nitrogens with zero attached hydrogens (tertiary/aromatic N) is 3. The summed E-state index contributed by atoms with van der Waals surface area (Å²) in [7, 11) is 2.17. The molecule has 1 aliphatic rings. The minimum atomic E-state index is 0.389. The molecule has 0 amide bonds. The van der Waals surface area contributed by atoms with E-state index < -0.39 is 0 Å². The van der Waals surface area contributed by atoms with Gasteiger partial charge in [0.25, 0.3) is 0 Å². The van der Waals surface area contributed by atoms with Crippen molar-refractivity contribution >= 4 is 45.8 Å². The maximum atomic E-state index is 6.14. The standard InChI is InChI=1S/C14H16Cl3N3/c1-19-4-2-3-9(19)8-20-13-6-11(17)10(16)5-12(13)18-14(20)7-15/h5-6,9H,2-4,7-8H2,1H3. The lowest BCUT2D eigenvalue weighted by molar-refractivity contribution is 0.282. The summed E-state index contributed by atoms with van der Waals surface area (Å²) in [5.41, 5.74) is 1.87. The van der Waals surface area contributed by atoms with Crippen LogP contribution in [0.5, 0.6) is 0 Å². The molecule has 1 saturated heterocycles. The molecule has 0 radical (unpaired) electrons. The number of alkyl halides is 1. The van der Waals surface area contributed by atoms with Crippen LogP contribution in [0, 0.1) is 0 Å². The highest BCUT2D eigenvalue weighted by Crippen LogP contribution is 2.30. The second-order valence-electron chi connectivity index (χ2n) is 5.30. The van der Waals surface area contributed by atoms with Crippen molar-refractivity contribution in [2.45, 2.75) is 31.3 Å². The second-order valence-corrected chi connectivity index (χ2v) is 6.39. The van der Waals surface area contributed by atoms with Crippen LogP contribution in [0.2, 0.25) is 10.0 Å². The first-order valence-electron chi connectivity index (χ1n) is 6.70. The number of benzene rings is 1. The number of likely N-dealkylation sites (N-methyl/N-ethyl adjacent to an activating group) is 1. The molecule has 0 aliphatic carbocycles. The van der Waals surface area contributed by atoms with Crippen molar-refractivity contribution < 1.29 is 0 Å². The fourth-order valence-electron chi connectivity index (χ4n) is 2.90. The number of rotatable bonds is 3. The Labute approximate surface area is 133 Å². The van der Waals surface area contributed by atoms with Crippen molar-refractivity contribution in [2.24, 2.45) is 0 Å². The van der Waals surface area contributed by atoms with Gasteiger partial charge in [0.2, 0.25) is 0 Å². The van der Waals surface area contributed by atoms with Gasteiger partial charge in [0.15, 0.2) is 0 Å². The predicted octanol–water partition coefficient (Wildman–Crippen LogP) is 4.18. The van der Waals surface area contributed by atoms with Crippen LogP contribution < -0.4 is 0 Å². The zero-order chi connectivity index (χ0) is 14.3. The van der Waals surface area contributed by atoms with Crippen molar-refractivity contribution in [2.75, 3.05) is 13.6 Å². The number of hydrogen-bond donors (Lipinski definition) is 0. The number of hydrogen-bond acceptors (Lipinski definition) is 2. The molecule has 20 heavy (non-hydrogen) atoms. The molecule has 2 heterocycles. The van der Waals surface area contributed by atoms with E-state index in [0.29, 0.717) is 22.0 Å². The largest absolute Gasteiger partial charge is 0.325 e. The summed E-state index contributed by atoms with van der Waals surface area (Å²) in [5.74, 6) is 1.26. The van der Waals surface area contributed by atoms with Crippen molar-refractivity contribution in [3.05, 3.63) is 28.0 Å². The third-order valence-electron chi connectivity index (χ3n) is 4.05. The summed E-state index contributed by atoms with van der Waals surface area (Å²) in [4.78, 5) is 6.96. The Morgan fingerprint density at radius 1 is 1.30 bits per heavy atom. The average molecular weight is 333 g/mol. The smallest absolute Gasteiger partial charge is 0.124 e. The Bertz CT molecular complexity index is 638. The highest BCUT2D eigenvalue weighted by Gasteiger charge is 2.23. The van der Waals surface area contributed by atoms with Crippen LogP contribution in [0.3, 0.4) is 0 Å². The number of halogens is 3. The van der Waals surface area contributed by atoms with Gasteiger partial charge in [-0.15, -0.1) is 11.6 Å². The first kappa shape index (κ1) is 14.5. The molecule has 1 atom stereocenters. The van der Waals surface area contributed by atoms with Gasteiger partial charge in [-0.05, 0) is 38.6 Å². The van der Waals surface area contributed by atoms with Gasteiger partial charge in [-0.3, -0.25) is 0 Å². The Morgan fingerprint density at radius 2 is 2.05 bits per heavy atom. The Kier molecular flexibility index (Phi) is 4.14. The lowest BCUT2D eigenvalue weighted by Crippen LogP contribution is -2.29. The van der Waals surface area contributed by atoms with E-state index in [2.05, 4.69) is 21.5 Å². The second kappa shape index (κ2) is 5.72. The van der Waals surface area contributed by atoms with E-state index in [0.717, 1.165) is 29.9 Å². The van der Waals surface area contributed by atoms with Gasteiger partial charge in [0, 0.05) is 12.6 Å². The Hall–Kier alpha value is -0.480. The molecule has 1 aromatic heterocycles. The average Bonchev–Trinajstić information content (AvgIpc) is 2.96. The molecule has 0 bridgehead atoms. The van der Waals surface area contributed by atoms with Gasteiger partial charge in [0.1, 0.15) is 5.82 Å². The molecule has 6 heteroatoms. The quantitative estimate of drug-likeness (QED) is 0.786. The molecule has 108 valence electrons. The highest BCUT2D eigenvalue weighted by atomic mass is 35.5. The summed E-state index contributed by atoms with van der Waals surface area (Å²) in [6.45, 7) is 2.05. The molecular weight excluding hydrogens is 317 g/mol. The topological polar surface area (TPSA) is 21.1 Å². The van der Waals surface area contributed by atoms with E-state index in [1.165, 1.54) is 12.8 Å². The molecule has 1 aliphatic heterocycles. The zero-order valence-corrected chi connectivity index (χ0v) is 13.5. The molecule has 1 unspecified atom stereocenters. The molecule has 0 saturated carbocycles. The summed E-state index contributed by atoms with van der Waals surface area (Å²) in [6, 6.07) is 4.23. The molecular formula is C14H16Cl3N3. The third-order valence-corrected chi connectivity index (χ3v) is 5.01. The first-order valence-corrected chi connectivity index (χ1v) is 7.99. The van der Waals surface area contributed by atoms with Crippen LogP contribution in [0.1, 0.15) is 18.7 Å². The van der Waals surface area contributed by atoms with Crippen molar-refractivity contribution in [3.8, 4) is 0 Å². The number of likely N-dealkylation sites (tertiary alicyclic amines) is 1. The van der Waals surface area contributed by atoms with Crippen LogP contribution in [0.15, 0.2) is 12.1 Å². The van der Waals surface area contributed by atoms with E-state index in [1.54, 1.807) is 0 Å². The van der Waals surface area contributed by atoms with Crippen LogP contribution in [0.4, 0.5) is 0 Å². The predicted molar refractivity (Wildman–Crippen MR) is 85.0 cm³/mol. The van der Waals surface area contributed by atoms with Crippen LogP contribution in [0.25, 0.3) is 11.0 Å². The molecule has 0 spiro atoms. The Balaban J connectivity index is 2.05. The third kappa shape index (κ3) is 2.52. The van der Waals surface area contributed by atoms with E-state index in [9.17, 15) is 0 Å². The first-order chi connectivity index (χ1) is 9.60. The summed E-state index contributed by atoms with van der Waals surface area (Å²) in [5, 5.41) is 1.09. The lowest BCUT2D eigenvalue weighted by Gasteiger charge is -2.21. The minimum absolute atomic E-state index is 0.389. The molecule has 0 N–H and O–H groups in total. The van der Waals surface area contributed by atoms with Gasteiger partial charge in [-0.25, -0.2) is 4.98 Å². The van der Waals surface area contributed by atoms with Crippen LogP contribution in [-0.2, 0) is 12.4 Å². The van der Waals surface area contributed by atoms with Gasteiger partial charge >= 0.3 is 0 Å². The van der Waals surface area contributed by atoms with Gasteiger partial charge in [0.05, 0.1) is 27.0 Å². The maximum absolute atomic E-state index is 6.14. The number of aromatic nitrogens is 2. The summed E-state index contributed by atoms with van der Waals surface area (Å²) in [6.07, 6.45) is 2.45. The van der Waals surface area contributed by atoms with Crippen molar-refractivity contribution in [1.82, 2.24) is 14.5 Å². The molecule has 3 nitrogen and oxygen atoms in total. The SMILES string of the molecule is CN1CCCC1Cn1c(CCl)nc2cc(Cl)c(Cl)cc21. The molecule has 1 fully saturated rings. The van der Waals surface area contributed by atoms with Crippen molar-refractivity contribution in [1.29, 1.82) is 0 Å². The highest BCUT2D eigenvalue weighted by molar-refractivity contribution is 6.42. The summed E-state index contributed by atoms with van der Waals surface area (Å²) < 4.78 is 2.18. The van der Waals surface area contributed by atoms with E-state index in [1.807, 2.05) is 12.1 Å². The molecule has 1 aromatic carbocycles. The normalized spacial score (nSPS) is 20.1. The van der Waals surface area contributed by atoms with E-state index in [-0.39, 0.29) is 0 Å². The molecule has 2 aromatic rings. The van der Waals surface area contributed by atoms with E-state index in [4.69, 9.17) is 34.8 Å². The number of imidazole rings is 1. The van der Waals surface area contributed by atoms with Crippen molar-refractivity contribution in [3.63, 3.8) is 0 Å².